The molecule has 4 nitrogen and oxygen atoms in total. The third-order valence-electron chi connectivity index (χ3n) is 2.92. The number of rotatable bonds is 3. The topological polar surface area (TPSA) is 51.0 Å². The van der Waals surface area contributed by atoms with E-state index in [9.17, 15) is 17.6 Å². The minimum absolute atomic E-state index is 0.167. The van der Waals surface area contributed by atoms with Gasteiger partial charge in [0.15, 0.2) is 0 Å². The molecule has 8 heteroatoms. The molecule has 0 amide bonds. The molecule has 0 aliphatic rings. The molecular formula is C15H9F4N3O. The number of anilines is 2. The van der Waals surface area contributed by atoms with Crippen LogP contribution in [0.1, 0.15) is 5.89 Å². The Bertz CT molecular complexity index is 812. The molecular weight excluding hydrogens is 314 g/mol. The summed E-state index contributed by atoms with van der Waals surface area (Å²) >= 11 is 0. The van der Waals surface area contributed by atoms with E-state index in [0.29, 0.717) is 16.9 Å². The van der Waals surface area contributed by atoms with Crippen LogP contribution in [0.4, 0.5) is 28.9 Å². The van der Waals surface area contributed by atoms with E-state index in [-0.39, 0.29) is 11.6 Å². The van der Waals surface area contributed by atoms with Crippen LogP contribution in [0.2, 0.25) is 0 Å². The molecule has 0 saturated heterocycles. The van der Waals surface area contributed by atoms with Crippen LogP contribution in [0.25, 0.3) is 11.4 Å². The number of alkyl halides is 3. The van der Waals surface area contributed by atoms with Gasteiger partial charge in [-0.1, -0.05) is 17.3 Å². The molecule has 0 aliphatic carbocycles. The molecule has 0 fully saturated rings. The molecule has 118 valence electrons. The molecule has 1 heterocycles. The molecule has 3 rings (SSSR count). The summed E-state index contributed by atoms with van der Waals surface area (Å²) in [6, 6.07) is 12.1. The summed E-state index contributed by atoms with van der Waals surface area (Å²) < 4.78 is 54.5. The summed E-state index contributed by atoms with van der Waals surface area (Å²) in [5, 5.41) is 6.33. The van der Waals surface area contributed by atoms with Gasteiger partial charge >= 0.3 is 12.1 Å². The third kappa shape index (κ3) is 3.47. The Balaban J connectivity index is 1.85. The van der Waals surface area contributed by atoms with E-state index >= 15 is 0 Å². The van der Waals surface area contributed by atoms with E-state index in [1.807, 2.05) is 0 Å². The molecule has 1 N–H and O–H groups in total. The molecule has 0 atom stereocenters. The van der Waals surface area contributed by atoms with Gasteiger partial charge in [-0.05, 0) is 36.4 Å². The Morgan fingerprint density at radius 1 is 0.957 bits per heavy atom. The van der Waals surface area contributed by atoms with Crippen molar-refractivity contribution in [3.63, 3.8) is 0 Å². The van der Waals surface area contributed by atoms with Crippen molar-refractivity contribution >= 4 is 11.4 Å². The van der Waals surface area contributed by atoms with Gasteiger partial charge in [-0.2, -0.15) is 18.2 Å². The average molecular weight is 323 g/mol. The highest BCUT2D eigenvalue weighted by atomic mass is 19.4. The van der Waals surface area contributed by atoms with Crippen molar-refractivity contribution in [1.82, 2.24) is 10.1 Å². The first-order valence-electron chi connectivity index (χ1n) is 6.46. The molecule has 0 spiro atoms. The predicted octanol–water partition coefficient (Wildman–Crippen LogP) is 4.64. The van der Waals surface area contributed by atoms with Crippen LogP contribution in [-0.2, 0) is 6.18 Å². The summed E-state index contributed by atoms with van der Waals surface area (Å²) in [7, 11) is 0. The molecule has 0 radical (unpaired) electrons. The molecule has 2 aromatic carbocycles. The Morgan fingerprint density at radius 3 is 2.35 bits per heavy atom. The maximum absolute atomic E-state index is 12.9. The second-order valence-corrected chi connectivity index (χ2v) is 4.63. The number of benzene rings is 2. The van der Waals surface area contributed by atoms with E-state index in [1.165, 1.54) is 24.3 Å². The van der Waals surface area contributed by atoms with Gasteiger partial charge in [0.25, 0.3) is 0 Å². The summed E-state index contributed by atoms with van der Waals surface area (Å²) in [6.07, 6.45) is -4.69. The molecule has 3 aromatic rings. The van der Waals surface area contributed by atoms with Gasteiger partial charge < -0.3 is 9.84 Å². The molecule has 0 saturated carbocycles. The van der Waals surface area contributed by atoms with E-state index in [2.05, 4.69) is 20.0 Å². The normalized spacial score (nSPS) is 11.5. The van der Waals surface area contributed by atoms with Gasteiger partial charge in [0.2, 0.25) is 5.82 Å². The zero-order chi connectivity index (χ0) is 16.4. The number of hydrogen-bond acceptors (Lipinski definition) is 4. The van der Waals surface area contributed by atoms with Crippen LogP contribution in [-0.4, -0.2) is 10.1 Å². The fraction of sp³-hybridized carbons (Fsp3) is 0.0667. The van der Waals surface area contributed by atoms with E-state index in [1.54, 1.807) is 24.3 Å². The fourth-order valence-corrected chi connectivity index (χ4v) is 1.89. The molecule has 0 unspecified atom stereocenters. The van der Waals surface area contributed by atoms with Crippen molar-refractivity contribution in [3.05, 3.63) is 60.2 Å². The molecule has 23 heavy (non-hydrogen) atoms. The minimum Gasteiger partial charge on any atom is -0.356 e. The van der Waals surface area contributed by atoms with Crippen molar-refractivity contribution in [2.24, 2.45) is 0 Å². The standard InChI is InChI=1S/C15H9F4N3O/c16-10-4-6-11(7-5-10)20-12-3-1-2-9(8-12)13-21-14(23-22-13)15(17,18)19/h1-8,20H. The summed E-state index contributed by atoms with van der Waals surface area (Å²) in [5.74, 6) is -1.93. The second kappa shape index (κ2) is 5.71. The fourth-order valence-electron chi connectivity index (χ4n) is 1.89. The monoisotopic (exact) mass is 323 g/mol. The van der Waals surface area contributed by atoms with Crippen LogP contribution in [0.15, 0.2) is 53.1 Å². The number of hydrogen-bond donors (Lipinski definition) is 1. The maximum atomic E-state index is 12.9. The van der Waals surface area contributed by atoms with Gasteiger partial charge in [0.05, 0.1) is 0 Å². The molecule has 0 aliphatic heterocycles. The van der Waals surface area contributed by atoms with Gasteiger partial charge in [-0.3, -0.25) is 0 Å². The van der Waals surface area contributed by atoms with Gasteiger partial charge in [-0.15, -0.1) is 0 Å². The van der Waals surface area contributed by atoms with Crippen molar-refractivity contribution in [3.8, 4) is 11.4 Å². The third-order valence-corrected chi connectivity index (χ3v) is 2.92. The minimum atomic E-state index is -4.69. The summed E-state index contributed by atoms with van der Waals surface area (Å²) in [5.41, 5.74) is 1.58. The Kier molecular flexibility index (Phi) is 3.73. The van der Waals surface area contributed by atoms with Crippen LogP contribution < -0.4 is 5.32 Å². The zero-order valence-corrected chi connectivity index (χ0v) is 11.4. The van der Waals surface area contributed by atoms with Crippen LogP contribution in [0.3, 0.4) is 0 Å². The molecule has 1 aromatic heterocycles. The smallest absolute Gasteiger partial charge is 0.356 e. The first-order chi connectivity index (χ1) is 10.9. The number of aromatic nitrogens is 2. The zero-order valence-electron chi connectivity index (χ0n) is 11.4. The van der Waals surface area contributed by atoms with Crippen molar-refractivity contribution in [1.29, 1.82) is 0 Å². The number of nitrogens with one attached hydrogen (secondary N) is 1. The lowest BCUT2D eigenvalue weighted by Gasteiger charge is -2.07. The number of halogens is 4. The first kappa shape index (κ1) is 15.0. The largest absolute Gasteiger partial charge is 0.471 e. The summed E-state index contributed by atoms with van der Waals surface area (Å²) in [6.45, 7) is 0. The SMILES string of the molecule is Fc1ccc(Nc2cccc(-c3noc(C(F)(F)F)n3)c2)cc1. The second-order valence-electron chi connectivity index (χ2n) is 4.63. The quantitative estimate of drug-likeness (QED) is 0.714. The predicted molar refractivity (Wildman–Crippen MR) is 74.4 cm³/mol. The Labute approximate surface area is 127 Å². The maximum Gasteiger partial charge on any atom is 0.471 e. The lowest BCUT2D eigenvalue weighted by Crippen LogP contribution is -2.04. The van der Waals surface area contributed by atoms with Gasteiger partial charge in [-0.25, -0.2) is 4.39 Å². The van der Waals surface area contributed by atoms with Crippen molar-refractivity contribution in [2.75, 3.05) is 5.32 Å². The van der Waals surface area contributed by atoms with Crippen LogP contribution in [0, 0.1) is 5.82 Å². The van der Waals surface area contributed by atoms with Gasteiger partial charge in [0, 0.05) is 16.9 Å². The number of nitrogens with zero attached hydrogens (tertiary/aromatic N) is 2. The first-order valence-corrected chi connectivity index (χ1v) is 6.46. The Morgan fingerprint density at radius 2 is 1.70 bits per heavy atom. The van der Waals surface area contributed by atoms with Crippen molar-refractivity contribution in [2.45, 2.75) is 6.18 Å². The molecule has 0 bridgehead atoms. The van der Waals surface area contributed by atoms with E-state index in [0.717, 1.165) is 0 Å². The lowest BCUT2D eigenvalue weighted by molar-refractivity contribution is -0.159. The Hall–Kier alpha value is -2.90. The van der Waals surface area contributed by atoms with Gasteiger partial charge in [0.1, 0.15) is 5.82 Å². The van der Waals surface area contributed by atoms with E-state index < -0.39 is 12.1 Å². The average Bonchev–Trinajstić information content (AvgIpc) is 3.00. The highest BCUT2D eigenvalue weighted by molar-refractivity contribution is 5.67. The van der Waals surface area contributed by atoms with Crippen LogP contribution >= 0.6 is 0 Å². The van der Waals surface area contributed by atoms with E-state index in [4.69, 9.17) is 0 Å². The highest BCUT2D eigenvalue weighted by Gasteiger charge is 2.38. The van der Waals surface area contributed by atoms with Crippen LogP contribution in [0.5, 0.6) is 0 Å². The lowest BCUT2D eigenvalue weighted by atomic mass is 10.2. The van der Waals surface area contributed by atoms with Crippen molar-refractivity contribution < 1.29 is 22.1 Å². The highest BCUT2D eigenvalue weighted by Crippen LogP contribution is 2.30. The summed E-state index contributed by atoms with van der Waals surface area (Å²) in [4.78, 5) is 3.33.